The van der Waals surface area contributed by atoms with E-state index < -0.39 is 5.82 Å². The smallest absolute Gasteiger partial charge is 0.142 e. The minimum absolute atomic E-state index is 0.126. The van der Waals surface area contributed by atoms with E-state index in [2.05, 4.69) is 0 Å². The number of hydrogen-bond donors (Lipinski definition) is 1. The molecule has 0 saturated carbocycles. The van der Waals surface area contributed by atoms with Crippen molar-refractivity contribution in [2.75, 3.05) is 0 Å². The Kier molecular flexibility index (Phi) is 3.27. The summed E-state index contributed by atoms with van der Waals surface area (Å²) in [5.74, 6) is -0.418. The molecule has 4 heteroatoms. The van der Waals surface area contributed by atoms with Gasteiger partial charge in [-0.15, -0.1) is 0 Å². The Labute approximate surface area is 97.8 Å². The molecule has 0 amide bonds. The molecule has 1 atom stereocenters. The number of furan rings is 1. The molecule has 0 aliphatic rings. The predicted octanol–water partition coefficient (Wildman–Crippen LogP) is 3.31. The van der Waals surface area contributed by atoms with Gasteiger partial charge in [-0.25, -0.2) is 4.39 Å². The lowest BCUT2D eigenvalue weighted by Crippen LogP contribution is -2.12. The van der Waals surface area contributed by atoms with Crippen molar-refractivity contribution in [1.82, 2.24) is 0 Å². The summed E-state index contributed by atoms with van der Waals surface area (Å²) in [6.07, 6.45) is 3.71. The highest BCUT2D eigenvalue weighted by Gasteiger charge is 2.09. The van der Waals surface area contributed by atoms with Gasteiger partial charge in [0.05, 0.1) is 17.5 Å². The fourth-order valence-electron chi connectivity index (χ4n) is 1.52. The van der Waals surface area contributed by atoms with Crippen molar-refractivity contribution >= 4 is 11.6 Å². The number of benzene rings is 1. The summed E-state index contributed by atoms with van der Waals surface area (Å²) in [5.41, 5.74) is 7.66. The Balaban J connectivity index is 2.12. The summed E-state index contributed by atoms with van der Waals surface area (Å²) < 4.78 is 18.1. The molecule has 0 aliphatic carbocycles. The Morgan fingerprint density at radius 3 is 2.81 bits per heavy atom. The van der Waals surface area contributed by atoms with Crippen LogP contribution in [0.2, 0.25) is 5.02 Å². The van der Waals surface area contributed by atoms with Crippen LogP contribution in [0.5, 0.6) is 0 Å². The van der Waals surface area contributed by atoms with Gasteiger partial charge in [-0.2, -0.15) is 0 Å². The van der Waals surface area contributed by atoms with Gasteiger partial charge in [-0.3, -0.25) is 0 Å². The second-order valence-electron chi connectivity index (χ2n) is 3.62. The zero-order valence-corrected chi connectivity index (χ0v) is 9.25. The van der Waals surface area contributed by atoms with E-state index in [1.807, 2.05) is 0 Å². The number of hydrogen-bond acceptors (Lipinski definition) is 2. The van der Waals surface area contributed by atoms with Gasteiger partial charge < -0.3 is 10.2 Å². The number of rotatable bonds is 3. The Hall–Kier alpha value is -1.32. The van der Waals surface area contributed by atoms with E-state index in [0.717, 1.165) is 11.1 Å². The molecule has 0 bridgehead atoms. The summed E-state index contributed by atoms with van der Waals surface area (Å²) in [6.45, 7) is 0. The molecular weight excluding hydrogens is 229 g/mol. The van der Waals surface area contributed by atoms with Gasteiger partial charge in [0.25, 0.3) is 0 Å². The van der Waals surface area contributed by atoms with Crippen molar-refractivity contribution in [1.29, 1.82) is 0 Å². The maximum absolute atomic E-state index is 13.2. The highest BCUT2D eigenvalue weighted by atomic mass is 35.5. The van der Waals surface area contributed by atoms with E-state index in [1.54, 1.807) is 24.7 Å². The second kappa shape index (κ2) is 4.68. The van der Waals surface area contributed by atoms with E-state index in [-0.39, 0.29) is 11.1 Å². The maximum atomic E-state index is 13.2. The van der Waals surface area contributed by atoms with E-state index in [4.69, 9.17) is 21.8 Å². The molecule has 2 nitrogen and oxygen atoms in total. The van der Waals surface area contributed by atoms with Crippen molar-refractivity contribution in [2.24, 2.45) is 5.73 Å². The number of nitrogens with two attached hydrogens (primary N) is 1. The van der Waals surface area contributed by atoms with Crippen LogP contribution < -0.4 is 5.73 Å². The van der Waals surface area contributed by atoms with Crippen molar-refractivity contribution in [2.45, 2.75) is 12.5 Å². The zero-order valence-electron chi connectivity index (χ0n) is 8.49. The summed E-state index contributed by atoms with van der Waals surface area (Å²) in [4.78, 5) is 0. The van der Waals surface area contributed by atoms with Gasteiger partial charge >= 0.3 is 0 Å². The predicted molar refractivity (Wildman–Crippen MR) is 60.8 cm³/mol. The van der Waals surface area contributed by atoms with Crippen LogP contribution in [0.3, 0.4) is 0 Å². The first-order valence-electron chi connectivity index (χ1n) is 4.88. The van der Waals surface area contributed by atoms with Gasteiger partial charge in [-0.1, -0.05) is 17.7 Å². The first-order valence-corrected chi connectivity index (χ1v) is 5.26. The molecule has 0 saturated heterocycles. The van der Waals surface area contributed by atoms with Crippen molar-refractivity contribution in [3.63, 3.8) is 0 Å². The molecule has 0 radical (unpaired) electrons. The third kappa shape index (κ3) is 2.43. The molecule has 84 valence electrons. The van der Waals surface area contributed by atoms with Crippen LogP contribution in [0.25, 0.3) is 0 Å². The maximum Gasteiger partial charge on any atom is 0.142 e. The SMILES string of the molecule is NC(Cc1ccc(Cl)c(F)c1)c1ccoc1. The van der Waals surface area contributed by atoms with Crippen LogP contribution in [0.15, 0.2) is 41.2 Å². The molecule has 2 aromatic rings. The Morgan fingerprint density at radius 2 is 2.19 bits per heavy atom. The average Bonchev–Trinajstić information content (AvgIpc) is 2.77. The van der Waals surface area contributed by atoms with Gasteiger partial charge in [0, 0.05) is 11.6 Å². The summed E-state index contributed by atoms with van der Waals surface area (Å²) >= 11 is 5.60. The number of halogens is 2. The topological polar surface area (TPSA) is 39.2 Å². The third-order valence-corrected chi connectivity index (χ3v) is 2.72. The van der Waals surface area contributed by atoms with Crippen molar-refractivity contribution in [3.05, 3.63) is 58.8 Å². The molecule has 0 spiro atoms. The quantitative estimate of drug-likeness (QED) is 0.893. The largest absolute Gasteiger partial charge is 0.472 e. The lowest BCUT2D eigenvalue weighted by molar-refractivity contribution is 0.558. The van der Waals surface area contributed by atoms with Gasteiger partial charge in [0.15, 0.2) is 0 Å². The van der Waals surface area contributed by atoms with Gasteiger partial charge in [0.2, 0.25) is 0 Å². The monoisotopic (exact) mass is 239 g/mol. The fraction of sp³-hybridized carbons (Fsp3) is 0.167. The Bertz CT molecular complexity index is 470. The van der Waals surface area contributed by atoms with E-state index in [9.17, 15) is 4.39 Å². The highest BCUT2D eigenvalue weighted by Crippen LogP contribution is 2.20. The first-order chi connectivity index (χ1) is 7.66. The van der Waals surface area contributed by atoms with Crippen LogP contribution >= 0.6 is 11.6 Å². The van der Waals surface area contributed by atoms with E-state index >= 15 is 0 Å². The first kappa shape index (κ1) is 11.2. The van der Waals surface area contributed by atoms with Crippen molar-refractivity contribution in [3.8, 4) is 0 Å². The molecule has 2 rings (SSSR count). The van der Waals surface area contributed by atoms with Gasteiger partial charge in [-0.05, 0) is 30.2 Å². The van der Waals surface area contributed by atoms with Crippen LogP contribution in [-0.4, -0.2) is 0 Å². The molecule has 1 heterocycles. The standard InChI is InChI=1S/C12H11ClFNO/c13-10-2-1-8(5-11(10)14)6-12(15)9-3-4-16-7-9/h1-5,7,12H,6,15H2. The average molecular weight is 240 g/mol. The summed E-state index contributed by atoms with van der Waals surface area (Å²) in [7, 11) is 0. The minimum atomic E-state index is -0.418. The van der Waals surface area contributed by atoms with E-state index in [1.165, 1.54) is 12.1 Å². The normalized spacial score (nSPS) is 12.7. The van der Waals surface area contributed by atoms with Crippen LogP contribution in [0, 0.1) is 5.82 Å². The Morgan fingerprint density at radius 1 is 1.38 bits per heavy atom. The highest BCUT2D eigenvalue weighted by molar-refractivity contribution is 6.30. The zero-order chi connectivity index (χ0) is 11.5. The summed E-state index contributed by atoms with van der Waals surface area (Å²) in [6, 6.07) is 6.32. The fourth-order valence-corrected chi connectivity index (χ4v) is 1.64. The lowest BCUT2D eigenvalue weighted by atomic mass is 10.0. The lowest BCUT2D eigenvalue weighted by Gasteiger charge is -2.09. The van der Waals surface area contributed by atoms with Gasteiger partial charge in [0.1, 0.15) is 5.82 Å². The van der Waals surface area contributed by atoms with Crippen LogP contribution in [0.4, 0.5) is 4.39 Å². The molecule has 1 aromatic carbocycles. The van der Waals surface area contributed by atoms with Crippen molar-refractivity contribution < 1.29 is 8.81 Å². The van der Waals surface area contributed by atoms with Crippen LogP contribution in [-0.2, 0) is 6.42 Å². The molecule has 16 heavy (non-hydrogen) atoms. The molecule has 2 N–H and O–H groups in total. The van der Waals surface area contributed by atoms with E-state index in [0.29, 0.717) is 6.42 Å². The second-order valence-corrected chi connectivity index (χ2v) is 4.02. The molecule has 1 unspecified atom stereocenters. The van der Waals surface area contributed by atoms with Crippen LogP contribution in [0.1, 0.15) is 17.2 Å². The molecular formula is C12H11ClFNO. The molecule has 0 fully saturated rings. The third-order valence-electron chi connectivity index (χ3n) is 2.41. The minimum Gasteiger partial charge on any atom is -0.472 e. The summed E-state index contributed by atoms with van der Waals surface area (Å²) in [5, 5.41) is 0.126. The molecule has 0 aliphatic heterocycles. The molecule has 1 aromatic heterocycles.